The summed E-state index contributed by atoms with van der Waals surface area (Å²) in [7, 11) is 1.13. The van der Waals surface area contributed by atoms with Gasteiger partial charge in [-0.3, -0.25) is 4.79 Å². The minimum absolute atomic E-state index is 0. The third-order valence-electron chi connectivity index (χ3n) is 1.53. The van der Waals surface area contributed by atoms with Crippen LogP contribution in [0.2, 0.25) is 0 Å². The van der Waals surface area contributed by atoms with Gasteiger partial charge in [0.1, 0.15) is 5.57 Å². The fourth-order valence-corrected chi connectivity index (χ4v) is 0.938. The van der Waals surface area contributed by atoms with Crippen molar-refractivity contribution in [1.82, 2.24) is 5.32 Å². The summed E-state index contributed by atoms with van der Waals surface area (Å²) < 4.78 is 4.27. The molecular formula is C7H8NNaO4. The zero-order valence-corrected chi connectivity index (χ0v) is 9.55. The van der Waals surface area contributed by atoms with Crippen LogP contribution in [0, 0.1) is 0 Å². The Labute approximate surface area is 97.4 Å². The van der Waals surface area contributed by atoms with Crippen molar-refractivity contribution in [2.45, 2.75) is 6.42 Å². The van der Waals surface area contributed by atoms with Crippen molar-refractivity contribution < 1.29 is 49.0 Å². The Kier molecular flexibility index (Phi) is 5.05. The van der Waals surface area contributed by atoms with Gasteiger partial charge in [0.15, 0.2) is 5.78 Å². The Morgan fingerprint density at radius 2 is 2.23 bits per heavy atom. The van der Waals surface area contributed by atoms with Gasteiger partial charge in [-0.15, -0.1) is 0 Å². The summed E-state index contributed by atoms with van der Waals surface area (Å²) in [5, 5.41) is 13.3. The summed E-state index contributed by atoms with van der Waals surface area (Å²) in [5.41, 5.74) is -0.399. The Balaban J connectivity index is 0.00000144. The average Bonchev–Trinajstić information content (AvgIpc) is 2.03. The molecule has 1 N–H and O–H groups in total. The summed E-state index contributed by atoms with van der Waals surface area (Å²) >= 11 is 0. The predicted molar refractivity (Wildman–Crippen MR) is 36.7 cm³/mol. The van der Waals surface area contributed by atoms with Crippen LogP contribution >= 0.6 is 0 Å². The van der Waals surface area contributed by atoms with E-state index in [4.69, 9.17) is 0 Å². The van der Waals surface area contributed by atoms with Gasteiger partial charge in [0.25, 0.3) is 0 Å². The first-order valence-electron chi connectivity index (χ1n) is 3.43. The molecule has 0 fully saturated rings. The molecular weight excluding hydrogens is 185 g/mol. The minimum atomic E-state index is -0.864. The van der Waals surface area contributed by atoms with E-state index in [1.54, 1.807) is 0 Å². The van der Waals surface area contributed by atoms with Crippen LogP contribution in [-0.4, -0.2) is 25.4 Å². The molecule has 1 heterocycles. The number of hydrogen-bond donors (Lipinski definition) is 1. The van der Waals surface area contributed by atoms with Gasteiger partial charge < -0.3 is 15.2 Å². The first-order valence-corrected chi connectivity index (χ1v) is 3.43. The van der Waals surface area contributed by atoms with Gasteiger partial charge in [-0.05, 0) is 5.88 Å². The van der Waals surface area contributed by atoms with E-state index in [9.17, 15) is 14.7 Å². The van der Waals surface area contributed by atoms with Crippen molar-refractivity contribution in [1.29, 1.82) is 0 Å². The van der Waals surface area contributed by atoms with Crippen molar-refractivity contribution in [3.63, 3.8) is 0 Å². The fourth-order valence-electron chi connectivity index (χ4n) is 0.938. The van der Waals surface area contributed by atoms with Crippen LogP contribution in [0.3, 0.4) is 0 Å². The van der Waals surface area contributed by atoms with E-state index in [2.05, 4.69) is 10.1 Å². The zero-order chi connectivity index (χ0) is 9.14. The topological polar surface area (TPSA) is 78.5 Å². The maximum absolute atomic E-state index is 11.0. The molecule has 0 saturated heterocycles. The van der Waals surface area contributed by atoms with Gasteiger partial charge in [-0.1, -0.05) is 0 Å². The molecule has 6 heteroatoms. The molecule has 0 spiro atoms. The first-order chi connectivity index (χ1) is 5.66. The Morgan fingerprint density at radius 1 is 1.62 bits per heavy atom. The Hall–Kier alpha value is -0.520. The molecule has 0 aromatic heterocycles. The molecule has 0 amide bonds. The van der Waals surface area contributed by atoms with Crippen LogP contribution < -0.4 is 40.0 Å². The molecule has 0 aromatic carbocycles. The van der Waals surface area contributed by atoms with Gasteiger partial charge >= 0.3 is 35.5 Å². The number of esters is 1. The number of nitrogens with one attached hydrogen (secondary N) is 1. The number of hydrogen-bond acceptors (Lipinski definition) is 5. The molecule has 0 bridgehead atoms. The molecule has 1 rings (SSSR count). The van der Waals surface area contributed by atoms with Crippen LogP contribution in [-0.2, 0) is 14.3 Å². The summed E-state index contributed by atoms with van der Waals surface area (Å²) in [6.45, 7) is 0.290. The maximum atomic E-state index is 11.0. The molecule has 13 heavy (non-hydrogen) atoms. The number of carbonyl (C=O) groups is 2. The number of methoxy groups -OCH3 is 1. The number of rotatable bonds is 1. The number of carbonyl (C=O) groups excluding carboxylic acids is 2. The summed E-state index contributed by atoms with van der Waals surface area (Å²) in [6.07, 6.45) is 0.163. The third-order valence-corrected chi connectivity index (χ3v) is 1.53. The summed E-state index contributed by atoms with van der Waals surface area (Å²) in [4.78, 5) is 21.9. The smallest absolute Gasteiger partial charge is 0.860 e. The van der Waals surface area contributed by atoms with Gasteiger partial charge in [0, 0.05) is 13.0 Å². The van der Waals surface area contributed by atoms with Crippen molar-refractivity contribution in [2.75, 3.05) is 13.7 Å². The first kappa shape index (κ1) is 12.5. The molecule has 0 aliphatic carbocycles. The maximum Gasteiger partial charge on any atom is 1.00 e. The van der Waals surface area contributed by atoms with Gasteiger partial charge in [0.2, 0.25) is 0 Å². The van der Waals surface area contributed by atoms with E-state index in [-0.39, 0.29) is 42.5 Å². The second-order valence-electron chi connectivity index (χ2n) is 2.30. The summed E-state index contributed by atoms with van der Waals surface area (Å²) in [6, 6.07) is 0. The second-order valence-corrected chi connectivity index (χ2v) is 2.30. The van der Waals surface area contributed by atoms with E-state index in [1.807, 2.05) is 0 Å². The second kappa shape index (κ2) is 5.26. The normalized spacial score (nSPS) is 15.9. The van der Waals surface area contributed by atoms with Crippen LogP contribution in [0.25, 0.3) is 0 Å². The molecule has 0 atom stereocenters. The van der Waals surface area contributed by atoms with E-state index in [0.29, 0.717) is 0 Å². The van der Waals surface area contributed by atoms with Crippen LogP contribution in [0.1, 0.15) is 6.42 Å². The quantitative estimate of drug-likeness (QED) is 0.257. The molecule has 0 unspecified atom stereocenters. The average molecular weight is 193 g/mol. The van der Waals surface area contributed by atoms with Crippen molar-refractivity contribution >= 4 is 11.8 Å². The number of ketones is 1. The number of Topliss-reactive ketones (excluding diaryl/α,β-unsaturated/α-hetero) is 1. The van der Waals surface area contributed by atoms with Crippen LogP contribution in [0.5, 0.6) is 0 Å². The largest absolute Gasteiger partial charge is 1.00 e. The third kappa shape index (κ3) is 2.72. The summed E-state index contributed by atoms with van der Waals surface area (Å²) in [5.74, 6) is -1.96. The molecule has 0 saturated carbocycles. The number of ether oxygens (including phenoxy) is 1. The standard InChI is InChI=1S/C7H9NO4.Na/c1-12-7(11)5-4(9)2-3-8-6(5)10;/h8,10H,2-3H2,1H3;/q;+1/p-1. The Bertz CT molecular complexity index is 261. The van der Waals surface area contributed by atoms with Crippen LogP contribution in [0.4, 0.5) is 0 Å². The molecule has 1 aliphatic rings. The van der Waals surface area contributed by atoms with E-state index in [0.717, 1.165) is 7.11 Å². The van der Waals surface area contributed by atoms with Gasteiger partial charge in [-0.2, -0.15) is 0 Å². The molecule has 0 radical (unpaired) electrons. The minimum Gasteiger partial charge on any atom is -0.860 e. The molecule has 66 valence electrons. The zero-order valence-electron chi connectivity index (χ0n) is 7.55. The van der Waals surface area contributed by atoms with Gasteiger partial charge in [-0.25, -0.2) is 4.79 Å². The molecule has 5 nitrogen and oxygen atoms in total. The van der Waals surface area contributed by atoms with E-state index in [1.165, 1.54) is 0 Å². The van der Waals surface area contributed by atoms with Crippen molar-refractivity contribution in [2.24, 2.45) is 0 Å². The molecule has 0 aromatic rings. The predicted octanol–water partition coefficient (Wildman–Crippen LogP) is -4.70. The van der Waals surface area contributed by atoms with E-state index < -0.39 is 23.2 Å². The van der Waals surface area contributed by atoms with Gasteiger partial charge in [0.05, 0.1) is 7.11 Å². The fraction of sp³-hybridized carbons (Fsp3) is 0.429. The van der Waals surface area contributed by atoms with Crippen LogP contribution in [0.15, 0.2) is 11.5 Å². The monoisotopic (exact) mass is 193 g/mol. The van der Waals surface area contributed by atoms with E-state index >= 15 is 0 Å². The molecule has 1 aliphatic heterocycles. The van der Waals surface area contributed by atoms with Crippen molar-refractivity contribution in [3.8, 4) is 0 Å². The van der Waals surface area contributed by atoms with Crippen molar-refractivity contribution in [3.05, 3.63) is 11.5 Å². The Morgan fingerprint density at radius 3 is 2.69 bits per heavy atom. The SMILES string of the molecule is COC(=O)C1=C([O-])NCCC1=O.[Na+].